The number of hydrogen-bond acceptors (Lipinski definition) is 2. The third-order valence-corrected chi connectivity index (χ3v) is 4.02. The first-order valence-electron chi connectivity index (χ1n) is 8.18. The van der Waals surface area contributed by atoms with E-state index >= 15 is 0 Å². The van der Waals surface area contributed by atoms with Crippen LogP contribution in [-0.2, 0) is 24.4 Å². The van der Waals surface area contributed by atoms with Crippen LogP contribution >= 0.6 is 11.6 Å². The Morgan fingerprint density at radius 1 is 0.880 bits per heavy atom. The molecule has 0 aliphatic rings. The van der Waals surface area contributed by atoms with Crippen molar-refractivity contribution in [2.45, 2.75) is 33.0 Å². The number of urea groups is 1. The summed E-state index contributed by atoms with van der Waals surface area (Å²) >= 11 is 6.06. The Kier molecular flexibility index (Phi) is 7.29. The van der Waals surface area contributed by atoms with E-state index in [1.807, 2.05) is 49.4 Å². The van der Waals surface area contributed by atoms with Gasteiger partial charge in [-0.3, -0.25) is 4.79 Å². The summed E-state index contributed by atoms with van der Waals surface area (Å²) in [7, 11) is 0. The number of rotatable bonds is 7. The number of hydrogen-bond donors (Lipinski definition) is 3. The Morgan fingerprint density at radius 2 is 1.52 bits per heavy atom. The van der Waals surface area contributed by atoms with Crippen LogP contribution in [0.2, 0.25) is 5.02 Å². The van der Waals surface area contributed by atoms with Crippen molar-refractivity contribution in [3.63, 3.8) is 0 Å². The quantitative estimate of drug-likeness (QED) is 0.709. The predicted octanol–water partition coefficient (Wildman–Crippen LogP) is 3.37. The fourth-order valence-corrected chi connectivity index (χ4v) is 2.44. The number of halogens is 1. The van der Waals surface area contributed by atoms with E-state index in [1.54, 1.807) is 6.07 Å². The average molecular weight is 360 g/mol. The third kappa shape index (κ3) is 6.47. The van der Waals surface area contributed by atoms with E-state index < -0.39 is 0 Å². The van der Waals surface area contributed by atoms with Gasteiger partial charge in [0.15, 0.2) is 0 Å². The molecule has 0 aliphatic carbocycles. The molecule has 0 atom stereocenters. The van der Waals surface area contributed by atoms with Gasteiger partial charge in [-0.25, -0.2) is 4.79 Å². The van der Waals surface area contributed by atoms with Crippen LogP contribution in [0.3, 0.4) is 0 Å². The largest absolute Gasteiger partial charge is 0.352 e. The maximum atomic E-state index is 11.9. The monoisotopic (exact) mass is 359 g/mol. The molecule has 132 valence electrons. The molecule has 0 saturated heterocycles. The lowest BCUT2D eigenvalue weighted by molar-refractivity contribution is -0.120. The molecular formula is C19H22ClN3O2. The molecule has 0 aliphatic heterocycles. The highest BCUT2D eigenvalue weighted by atomic mass is 35.5. The maximum Gasteiger partial charge on any atom is 0.315 e. The van der Waals surface area contributed by atoms with Gasteiger partial charge < -0.3 is 16.0 Å². The second kappa shape index (κ2) is 9.69. The third-order valence-electron chi connectivity index (χ3n) is 3.65. The number of carbonyl (C=O) groups is 2. The molecule has 2 aromatic rings. The second-order valence-electron chi connectivity index (χ2n) is 5.58. The molecule has 0 aromatic heterocycles. The van der Waals surface area contributed by atoms with Crippen LogP contribution in [0.1, 0.15) is 30.0 Å². The van der Waals surface area contributed by atoms with Gasteiger partial charge in [-0.05, 0) is 22.8 Å². The van der Waals surface area contributed by atoms with E-state index in [4.69, 9.17) is 11.6 Å². The zero-order valence-corrected chi connectivity index (χ0v) is 14.9. The van der Waals surface area contributed by atoms with E-state index in [-0.39, 0.29) is 11.9 Å². The highest BCUT2D eigenvalue weighted by Gasteiger charge is 2.04. The van der Waals surface area contributed by atoms with Crippen molar-refractivity contribution in [2.24, 2.45) is 0 Å². The topological polar surface area (TPSA) is 70.2 Å². The van der Waals surface area contributed by atoms with Crippen LogP contribution in [0, 0.1) is 0 Å². The predicted molar refractivity (Wildman–Crippen MR) is 99.1 cm³/mol. The van der Waals surface area contributed by atoms with Gasteiger partial charge in [0.1, 0.15) is 0 Å². The Labute approximate surface area is 152 Å². The first-order chi connectivity index (χ1) is 12.1. The first kappa shape index (κ1) is 18.8. The number of carbonyl (C=O) groups excluding carboxylic acids is 2. The van der Waals surface area contributed by atoms with Crippen molar-refractivity contribution in [3.8, 4) is 0 Å². The van der Waals surface area contributed by atoms with E-state index in [1.165, 1.54) is 0 Å². The molecule has 3 N–H and O–H groups in total. The van der Waals surface area contributed by atoms with E-state index in [2.05, 4.69) is 16.0 Å². The molecule has 0 heterocycles. The zero-order chi connectivity index (χ0) is 18.1. The molecule has 6 heteroatoms. The molecular weight excluding hydrogens is 338 g/mol. The molecule has 2 rings (SSSR count). The lowest BCUT2D eigenvalue weighted by Crippen LogP contribution is -2.34. The van der Waals surface area contributed by atoms with E-state index in [9.17, 15) is 9.59 Å². The van der Waals surface area contributed by atoms with Crippen LogP contribution in [0.5, 0.6) is 0 Å². The summed E-state index contributed by atoms with van der Waals surface area (Å²) in [4.78, 5) is 23.2. The molecule has 0 radical (unpaired) electrons. The lowest BCUT2D eigenvalue weighted by Gasteiger charge is -2.10. The standard InChI is InChI=1S/C19H22ClN3O2/c1-2-18(24)21-11-14-6-5-7-15(10-14)12-22-19(25)23-13-16-8-3-4-9-17(16)20/h3-10H,2,11-13H2,1H3,(H,21,24)(H2,22,23,25). The Hall–Kier alpha value is -2.53. The summed E-state index contributed by atoms with van der Waals surface area (Å²) in [5, 5.41) is 9.05. The van der Waals surface area contributed by atoms with Gasteiger partial charge in [0.05, 0.1) is 0 Å². The molecule has 2 aromatic carbocycles. The van der Waals surface area contributed by atoms with E-state index in [0.717, 1.165) is 16.7 Å². The van der Waals surface area contributed by atoms with Crippen LogP contribution < -0.4 is 16.0 Å². The molecule has 0 saturated carbocycles. The number of benzene rings is 2. The molecule has 0 unspecified atom stereocenters. The van der Waals surface area contributed by atoms with Gasteiger partial charge >= 0.3 is 6.03 Å². The Balaban J connectivity index is 1.79. The molecule has 0 spiro atoms. The van der Waals surface area contributed by atoms with Crippen LogP contribution in [0.4, 0.5) is 4.79 Å². The van der Waals surface area contributed by atoms with Crippen molar-refractivity contribution in [2.75, 3.05) is 0 Å². The molecule has 5 nitrogen and oxygen atoms in total. The van der Waals surface area contributed by atoms with Crippen LogP contribution in [-0.4, -0.2) is 11.9 Å². The van der Waals surface area contributed by atoms with Gasteiger partial charge in [0.2, 0.25) is 5.91 Å². The normalized spacial score (nSPS) is 10.2. The van der Waals surface area contributed by atoms with Crippen molar-refractivity contribution in [3.05, 3.63) is 70.2 Å². The fraction of sp³-hybridized carbons (Fsp3) is 0.263. The van der Waals surface area contributed by atoms with E-state index in [0.29, 0.717) is 31.1 Å². The minimum absolute atomic E-state index is 0.0162. The highest BCUT2D eigenvalue weighted by molar-refractivity contribution is 6.31. The highest BCUT2D eigenvalue weighted by Crippen LogP contribution is 2.14. The SMILES string of the molecule is CCC(=O)NCc1cccc(CNC(=O)NCc2ccccc2Cl)c1. The summed E-state index contributed by atoms with van der Waals surface area (Å²) in [6.45, 7) is 3.08. The van der Waals surface area contributed by atoms with Crippen molar-refractivity contribution >= 4 is 23.5 Å². The number of amides is 3. The minimum Gasteiger partial charge on any atom is -0.352 e. The van der Waals surface area contributed by atoms with Crippen LogP contribution in [0.25, 0.3) is 0 Å². The number of nitrogens with one attached hydrogen (secondary N) is 3. The van der Waals surface area contributed by atoms with Crippen molar-refractivity contribution < 1.29 is 9.59 Å². The summed E-state index contributed by atoms with van der Waals surface area (Å²) in [5.74, 6) is 0.0162. The van der Waals surface area contributed by atoms with Gasteiger partial charge in [-0.1, -0.05) is 61.0 Å². The summed E-state index contributed by atoms with van der Waals surface area (Å²) in [6.07, 6.45) is 0.465. The molecule has 0 fully saturated rings. The summed E-state index contributed by atoms with van der Waals surface area (Å²) in [6, 6.07) is 14.9. The van der Waals surface area contributed by atoms with Gasteiger partial charge in [-0.15, -0.1) is 0 Å². The Morgan fingerprint density at radius 3 is 2.20 bits per heavy atom. The van der Waals surface area contributed by atoms with Gasteiger partial charge in [0, 0.05) is 31.1 Å². The lowest BCUT2D eigenvalue weighted by atomic mass is 10.1. The second-order valence-corrected chi connectivity index (χ2v) is 5.99. The summed E-state index contributed by atoms with van der Waals surface area (Å²) < 4.78 is 0. The maximum absolute atomic E-state index is 11.9. The smallest absolute Gasteiger partial charge is 0.315 e. The molecule has 0 bridgehead atoms. The van der Waals surface area contributed by atoms with Crippen molar-refractivity contribution in [1.82, 2.24) is 16.0 Å². The summed E-state index contributed by atoms with van der Waals surface area (Å²) in [5.41, 5.74) is 2.83. The first-order valence-corrected chi connectivity index (χ1v) is 8.56. The minimum atomic E-state index is -0.260. The van der Waals surface area contributed by atoms with Crippen LogP contribution in [0.15, 0.2) is 48.5 Å². The van der Waals surface area contributed by atoms with Gasteiger partial charge in [0.25, 0.3) is 0 Å². The molecule has 3 amide bonds. The zero-order valence-electron chi connectivity index (χ0n) is 14.1. The fourth-order valence-electron chi connectivity index (χ4n) is 2.24. The Bertz CT molecular complexity index is 734. The van der Waals surface area contributed by atoms with Crippen molar-refractivity contribution in [1.29, 1.82) is 0 Å². The molecule has 25 heavy (non-hydrogen) atoms. The van der Waals surface area contributed by atoms with Gasteiger partial charge in [-0.2, -0.15) is 0 Å². The average Bonchev–Trinajstić information content (AvgIpc) is 2.64.